The fourth-order valence-electron chi connectivity index (χ4n) is 2.70. The number of fused-ring (bicyclic) bond motifs is 1. The number of carbonyl (C=O) groups is 1. The van der Waals surface area contributed by atoms with Gasteiger partial charge >= 0.3 is 18.2 Å². The van der Waals surface area contributed by atoms with Crippen LogP contribution in [-0.2, 0) is 11.3 Å². The van der Waals surface area contributed by atoms with Crippen molar-refractivity contribution in [1.29, 1.82) is 0 Å². The highest BCUT2D eigenvalue weighted by Crippen LogP contribution is 2.25. The number of hydrogen-bond donors (Lipinski definition) is 0. The predicted molar refractivity (Wildman–Crippen MR) is 94.2 cm³/mol. The summed E-state index contributed by atoms with van der Waals surface area (Å²) < 4.78 is 39.8. The van der Waals surface area contributed by atoms with Crippen LogP contribution in [-0.4, -0.2) is 12.6 Å². The maximum atomic E-state index is 12.5. The first kappa shape index (κ1) is 18.6. The van der Waals surface area contributed by atoms with Crippen molar-refractivity contribution in [2.45, 2.75) is 27.1 Å². The monoisotopic (exact) mass is 374 g/mol. The van der Waals surface area contributed by atoms with E-state index in [0.29, 0.717) is 16.5 Å². The van der Waals surface area contributed by atoms with E-state index in [2.05, 4.69) is 4.74 Å². The Hall–Kier alpha value is -3.22. The van der Waals surface area contributed by atoms with Crippen molar-refractivity contribution < 1.29 is 27.5 Å². The van der Waals surface area contributed by atoms with E-state index in [1.54, 1.807) is 6.07 Å². The first-order valence-corrected chi connectivity index (χ1v) is 8.10. The molecule has 1 aromatic heterocycles. The summed E-state index contributed by atoms with van der Waals surface area (Å²) in [6.07, 6.45) is 0. The van der Waals surface area contributed by atoms with E-state index < -0.39 is 18.2 Å². The van der Waals surface area contributed by atoms with E-state index in [1.165, 1.54) is 30.3 Å². The molecule has 0 atom stereocenters. The molecule has 27 heavy (non-hydrogen) atoms. The van der Waals surface area contributed by atoms with Gasteiger partial charge in [-0.05, 0) is 37.1 Å². The predicted octanol–water partition coefficient (Wildman–Crippen LogP) is 4.37. The number of hydrogen-bond acceptors (Lipinski definition) is 5. The minimum absolute atomic E-state index is 0.128. The second-order valence-electron chi connectivity index (χ2n) is 5.93. The second kappa shape index (κ2) is 7.57. The highest BCUT2D eigenvalue weighted by molar-refractivity contribution is 5.92. The number of esters is 1. The zero-order chi connectivity index (χ0) is 19.6. The molecule has 0 fully saturated rings. The number of aryl methyl sites for hydroxylation is 2. The summed E-state index contributed by atoms with van der Waals surface area (Å²) in [6, 6.07) is 10.4. The zero-order valence-corrected chi connectivity index (χ0v) is 14.6. The van der Waals surface area contributed by atoms with Gasteiger partial charge < -0.3 is 13.9 Å². The fourth-order valence-corrected chi connectivity index (χ4v) is 2.70. The summed E-state index contributed by atoms with van der Waals surface area (Å²) in [7, 11) is 0. The zero-order valence-electron chi connectivity index (χ0n) is 14.6. The lowest BCUT2D eigenvalue weighted by Gasteiger charge is -2.12. The Balaban J connectivity index is 1.89. The molecule has 0 saturated heterocycles. The standard InChI is InChI=1S/C20H16F2O5/c1-11-7-8-14-13(9-17(23)27-18(14)12(11)2)10-25-19(24)15-5-3-4-6-16(15)26-20(21)22/h3-9,20H,10H2,1-2H3. The van der Waals surface area contributed by atoms with Crippen molar-refractivity contribution in [3.63, 3.8) is 0 Å². The third kappa shape index (κ3) is 3.97. The van der Waals surface area contributed by atoms with Crippen LogP contribution in [0, 0.1) is 13.8 Å². The summed E-state index contributed by atoms with van der Waals surface area (Å²) in [5.74, 6) is -1.11. The summed E-state index contributed by atoms with van der Waals surface area (Å²) in [5, 5.41) is 0.641. The Labute approximate surface area is 153 Å². The summed E-state index contributed by atoms with van der Waals surface area (Å²) >= 11 is 0. The lowest BCUT2D eigenvalue weighted by molar-refractivity contribution is -0.0504. The molecule has 1 heterocycles. The summed E-state index contributed by atoms with van der Waals surface area (Å²) in [5.41, 5.74) is 1.96. The van der Waals surface area contributed by atoms with Crippen molar-refractivity contribution in [2.24, 2.45) is 0 Å². The van der Waals surface area contributed by atoms with Crippen LogP contribution in [0.4, 0.5) is 8.78 Å². The number of ether oxygens (including phenoxy) is 2. The molecular formula is C20H16F2O5. The van der Waals surface area contributed by atoms with Crippen molar-refractivity contribution in [3.05, 3.63) is 75.1 Å². The molecule has 3 aromatic rings. The van der Waals surface area contributed by atoms with E-state index in [0.717, 1.165) is 11.1 Å². The molecule has 0 N–H and O–H groups in total. The minimum atomic E-state index is -3.06. The van der Waals surface area contributed by atoms with Crippen LogP contribution in [0.25, 0.3) is 11.0 Å². The molecule has 7 heteroatoms. The van der Waals surface area contributed by atoms with Gasteiger partial charge in [-0.3, -0.25) is 0 Å². The number of halogens is 2. The average molecular weight is 374 g/mol. The minimum Gasteiger partial charge on any atom is -0.457 e. The van der Waals surface area contributed by atoms with Gasteiger partial charge in [-0.2, -0.15) is 8.78 Å². The smallest absolute Gasteiger partial charge is 0.387 e. The maximum absolute atomic E-state index is 12.5. The lowest BCUT2D eigenvalue weighted by atomic mass is 10.0. The highest BCUT2D eigenvalue weighted by atomic mass is 19.3. The lowest BCUT2D eigenvalue weighted by Crippen LogP contribution is -2.11. The first-order chi connectivity index (χ1) is 12.9. The number of benzene rings is 2. The summed E-state index contributed by atoms with van der Waals surface area (Å²) in [4.78, 5) is 24.2. The molecule has 140 valence electrons. The maximum Gasteiger partial charge on any atom is 0.387 e. The van der Waals surface area contributed by atoms with Crippen molar-refractivity contribution in [1.82, 2.24) is 0 Å². The quantitative estimate of drug-likeness (QED) is 0.490. The molecule has 0 bridgehead atoms. The molecular weight excluding hydrogens is 358 g/mol. The van der Waals surface area contributed by atoms with Crippen LogP contribution in [0.1, 0.15) is 27.0 Å². The van der Waals surface area contributed by atoms with Gasteiger partial charge in [0.05, 0.1) is 0 Å². The Kier molecular flexibility index (Phi) is 5.21. The molecule has 0 spiro atoms. The molecule has 0 unspecified atom stereocenters. The molecule has 3 rings (SSSR count). The Bertz CT molecular complexity index is 1060. The Morgan fingerprint density at radius 2 is 1.89 bits per heavy atom. The average Bonchev–Trinajstić information content (AvgIpc) is 2.63. The molecule has 5 nitrogen and oxygen atoms in total. The third-order valence-electron chi connectivity index (χ3n) is 4.20. The van der Waals surface area contributed by atoms with Crippen LogP contribution in [0.2, 0.25) is 0 Å². The van der Waals surface area contributed by atoms with E-state index in [1.807, 2.05) is 19.9 Å². The first-order valence-electron chi connectivity index (χ1n) is 8.10. The largest absolute Gasteiger partial charge is 0.457 e. The number of carbonyl (C=O) groups excluding carboxylic acids is 1. The topological polar surface area (TPSA) is 65.7 Å². The van der Waals surface area contributed by atoms with Gasteiger partial charge in [0.15, 0.2) is 0 Å². The second-order valence-corrected chi connectivity index (χ2v) is 5.93. The van der Waals surface area contributed by atoms with E-state index >= 15 is 0 Å². The van der Waals surface area contributed by atoms with E-state index in [4.69, 9.17) is 9.15 Å². The van der Waals surface area contributed by atoms with Crippen LogP contribution in [0.3, 0.4) is 0 Å². The molecule has 0 aliphatic carbocycles. The number of rotatable bonds is 5. The Morgan fingerprint density at radius 3 is 2.63 bits per heavy atom. The van der Waals surface area contributed by atoms with Gasteiger partial charge in [-0.15, -0.1) is 0 Å². The SMILES string of the molecule is Cc1ccc2c(COC(=O)c3ccccc3OC(F)F)cc(=O)oc2c1C. The molecule has 0 aliphatic rings. The molecule has 0 aliphatic heterocycles. The van der Waals surface area contributed by atoms with Crippen LogP contribution >= 0.6 is 0 Å². The van der Waals surface area contributed by atoms with Crippen molar-refractivity contribution in [3.8, 4) is 5.75 Å². The van der Waals surface area contributed by atoms with E-state index in [9.17, 15) is 18.4 Å². The van der Waals surface area contributed by atoms with Crippen LogP contribution in [0.15, 0.2) is 51.7 Å². The van der Waals surface area contributed by atoms with Gasteiger partial charge in [-0.25, -0.2) is 9.59 Å². The third-order valence-corrected chi connectivity index (χ3v) is 4.20. The van der Waals surface area contributed by atoms with E-state index in [-0.39, 0.29) is 17.9 Å². The van der Waals surface area contributed by atoms with Gasteiger partial charge in [-0.1, -0.05) is 24.3 Å². The summed E-state index contributed by atoms with van der Waals surface area (Å²) in [6.45, 7) is 0.440. The van der Waals surface area contributed by atoms with Crippen molar-refractivity contribution in [2.75, 3.05) is 0 Å². The van der Waals surface area contributed by atoms with Gasteiger partial charge in [0.25, 0.3) is 0 Å². The van der Waals surface area contributed by atoms with Gasteiger partial charge in [0.2, 0.25) is 0 Å². The molecule has 0 radical (unpaired) electrons. The van der Waals surface area contributed by atoms with Gasteiger partial charge in [0.1, 0.15) is 23.5 Å². The van der Waals surface area contributed by atoms with Gasteiger partial charge in [0, 0.05) is 17.0 Å². The Morgan fingerprint density at radius 1 is 1.15 bits per heavy atom. The fraction of sp³-hybridized carbons (Fsp3) is 0.200. The number of alkyl halides is 2. The highest BCUT2D eigenvalue weighted by Gasteiger charge is 2.18. The molecule has 0 saturated carbocycles. The van der Waals surface area contributed by atoms with Crippen LogP contribution in [0.5, 0.6) is 5.75 Å². The molecule has 2 aromatic carbocycles. The normalized spacial score (nSPS) is 11.0. The van der Waals surface area contributed by atoms with Crippen molar-refractivity contribution >= 4 is 16.9 Å². The van der Waals surface area contributed by atoms with Crippen LogP contribution < -0.4 is 10.4 Å². The molecule has 0 amide bonds. The number of para-hydroxylation sites is 1.